The number of nitrogens with zero attached hydrogens (tertiary/aromatic N) is 4. The van der Waals surface area contributed by atoms with E-state index in [1.54, 1.807) is 18.5 Å². The molecule has 2 aromatic heterocycles. The molecule has 1 N–H and O–H groups in total. The molecule has 1 fully saturated rings. The first-order valence-corrected chi connectivity index (χ1v) is 8.81. The molecule has 1 aliphatic heterocycles. The molecule has 8 heteroatoms. The van der Waals surface area contributed by atoms with Crippen LogP contribution in [0.4, 0.5) is 10.2 Å². The van der Waals surface area contributed by atoms with Gasteiger partial charge in [0, 0.05) is 49.5 Å². The summed E-state index contributed by atoms with van der Waals surface area (Å²) in [5.74, 6) is 0.771. The molecule has 1 aromatic carbocycles. The fraction of sp³-hybridized carbons (Fsp3) is 0.333. The van der Waals surface area contributed by atoms with Crippen molar-refractivity contribution in [2.75, 3.05) is 38.2 Å². The maximum Gasteiger partial charge on any atom is 0.171 e. The second-order valence-electron chi connectivity index (χ2n) is 6.24. The number of fused-ring (bicyclic) bond motifs is 1. The van der Waals surface area contributed by atoms with E-state index in [0.29, 0.717) is 17.1 Å². The number of nitrogens with one attached hydrogen (secondary N) is 1. The summed E-state index contributed by atoms with van der Waals surface area (Å²) in [6.45, 7) is 3.66. The smallest absolute Gasteiger partial charge is 0.171 e. The van der Waals surface area contributed by atoms with E-state index in [1.165, 1.54) is 7.11 Å². The fourth-order valence-corrected chi connectivity index (χ4v) is 3.54. The minimum Gasteiger partial charge on any atom is -0.494 e. The molecule has 0 unspecified atom stereocenters. The van der Waals surface area contributed by atoms with Crippen LogP contribution in [0.1, 0.15) is 5.56 Å². The van der Waals surface area contributed by atoms with Gasteiger partial charge in [-0.05, 0) is 18.2 Å². The van der Waals surface area contributed by atoms with Gasteiger partial charge in [-0.3, -0.25) is 4.90 Å². The van der Waals surface area contributed by atoms with Crippen LogP contribution in [0.25, 0.3) is 11.0 Å². The van der Waals surface area contributed by atoms with E-state index in [2.05, 4.69) is 24.8 Å². The van der Waals surface area contributed by atoms with Crippen LogP contribution in [0.2, 0.25) is 5.02 Å². The SMILES string of the molecule is COc1ccc(Cl)c(CN2CCN(c3ncnc4[nH]ccc34)CC2)c1F. The number of ether oxygens (including phenoxy) is 1. The van der Waals surface area contributed by atoms with Crippen molar-refractivity contribution in [2.45, 2.75) is 6.54 Å². The molecule has 0 radical (unpaired) electrons. The van der Waals surface area contributed by atoms with Gasteiger partial charge in [0.25, 0.3) is 0 Å². The first-order chi connectivity index (χ1) is 12.7. The van der Waals surface area contributed by atoms with Gasteiger partial charge in [-0.1, -0.05) is 11.6 Å². The minimum absolute atomic E-state index is 0.221. The second-order valence-corrected chi connectivity index (χ2v) is 6.65. The molecule has 1 aliphatic rings. The number of aromatic nitrogens is 3. The van der Waals surface area contributed by atoms with E-state index in [1.807, 2.05) is 12.3 Å². The quantitative estimate of drug-likeness (QED) is 0.759. The normalized spacial score (nSPS) is 15.6. The molecule has 0 atom stereocenters. The molecule has 3 aromatic rings. The highest BCUT2D eigenvalue weighted by Gasteiger charge is 2.22. The Kier molecular flexibility index (Phi) is 4.65. The highest BCUT2D eigenvalue weighted by atomic mass is 35.5. The third kappa shape index (κ3) is 3.08. The van der Waals surface area contributed by atoms with Gasteiger partial charge >= 0.3 is 0 Å². The van der Waals surface area contributed by atoms with Crippen LogP contribution in [0.15, 0.2) is 30.7 Å². The van der Waals surface area contributed by atoms with Crippen molar-refractivity contribution in [3.8, 4) is 5.75 Å². The lowest BCUT2D eigenvalue weighted by Gasteiger charge is -2.35. The predicted octanol–water partition coefficient (Wildman–Crippen LogP) is 3.08. The van der Waals surface area contributed by atoms with Crippen LogP contribution < -0.4 is 9.64 Å². The van der Waals surface area contributed by atoms with Crippen molar-refractivity contribution in [2.24, 2.45) is 0 Å². The summed E-state index contributed by atoms with van der Waals surface area (Å²) in [7, 11) is 1.46. The minimum atomic E-state index is -0.382. The summed E-state index contributed by atoms with van der Waals surface area (Å²) in [6, 6.07) is 5.22. The Labute approximate surface area is 155 Å². The number of hydrogen-bond acceptors (Lipinski definition) is 5. The summed E-state index contributed by atoms with van der Waals surface area (Å²) in [5, 5.41) is 1.44. The van der Waals surface area contributed by atoms with Gasteiger partial charge in [-0.15, -0.1) is 0 Å². The zero-order valence-corrected chi connectivity index (χ0v) is 15.1. The molecule has 0 spiro atoms. The lowest BCUT2D eigenvalue weighted by molar-refractivity contribution is 0.245. The third-order valence-corrected chi connectivity index (χ3v) is 5.11. The van der Waals surface area contributed by atoms with Gasteiger partial charge in [-0.2, -0.15) is 0 Å². The van der Waals surface area contributed by atoms with Gasteiger partial charge < -0.3 is 14.6 Å². The van der Waals surface area contributed by atoms with Gasteiger partial charge in [0.2, 0.25) is 0 Å². The number of hydrogen-bond donors (Lipinski definition) is 1. The zero-order valence-electron chi connectivity index (χ0n) is 14.4. The molecular formula is C18H19ClFN5O. The molecule has 0 saturated carbocycles. The standard InChI is InChI=1S/C18H19ClFN5O/c1-26-15-3-2-14(19)13(16(15)20)10-24-6-8-25(9-7-24)18-12-4-5-21-17(12)22-11-23-18/h2-5,11H,6-10H2,1H3,(H,21,22,23). The molecule has 6 nitrogen and oxygen atoms in total. The van der Waals surface area contributed by atoms with Gasteiger partial charge in [0.1, 0.15) is 17.8 Å². The van der Waals surface area contributed by atoms with Crippen LogP contribution in [0.5, 0.6) is 5.75 Å². The average molecular weight is 376 g/mol. The molecule has 0 bridgehead atoms. The molecule has 0 aliphatic carbocycles. The number of piperazine rings is 1. The number of benzene rings is 1. The van der Waals surface area contributed by atoms with Crippen LogP contribution in [0.3, 0.4) is 0 Å². The Morgan fingerprint density at radius 3 is 2.77 bits per heavy atom. The topological polar surface area (TPSA) is 57.3 Å². The van der Waals surface area contributed by atoms with Crippen molar-refractivity contribution in [1.82, 2.24) is 19.9 Å². The molecule has 136 valence electrons. The fourth-order valence-electron chi connectivity index (χ4n) is 3.33. The maximum absolute atomic E-state index is 14.5. The summed E-state index contributed by atoms with van der Waals surface area (Å²) >= 11 is 6.20. The average Bonchev–Trinajstić information content (AvgIpc) is 3.15. The molecule has 1 saturated heterocycles. The van der Waals surface area contributed by atoms with Crippen molar-refractivity contribution in [3.63, 3.8) is 0 Å². The maximum atomic E-state index is 14.5. The highest BCUT2D eigenvalue weighted by molar-refractivity contribution is 6.31. The lowest BCUT2D eigenvalue weighted by Crippen LogP contribution is -2.46. The second kappa shape index (κ2) is 7.09. The Hall–Kier alpha value is -2.38. The molecule has 3 heterocycles. The Morgan fingerprint density at radius 2 is 2.00 bits per heavy atom. The lowest BCUT2D eigenvalue weighted by atomic mass is 10.1. The number of halogens is 2. The first kappa shape index (κ1) is 17.1. The Balaban J connectivity index is 1.47. The van der Waals surface area contributed by atoms with Crippen molar-refractivity contribution in [3.05, 3.63) is 47.1 Å². The van der Waals surface area contributed by atoms with Gasteiger partial charge in [0.05, 0.1) is 12.5 Å². The van der Waals surface area contributed by atoms with E-state index in [9.17, 15) is 4.39 Å². The van der Waals surface area contributed by atoms with Crippen LogP contribution in [-0.4, -0.2) is 53.1 Å². The van der Waals surface area contributed by atoms with Crippen molar-refractivity contribution < 1.29 is 9.13 Å². The monoisotopic (exact) mass is 375 g/mol. The number of methoxy groups -OCH3 is 1. The molecular weight excluding hydrogens is 357 g/mol. The Morgan fingerprint density at radius 1 is 1.19 bits per heavy atom. The Bertz CT molecular complexity index is 923. The number of H-pyrrole nitrogens is 1. The van der Waals surface area contributed by atoms with Crippen LogP contribution >= 0.6 is 11.6 Å². The van der Waals surface area contributed by atoms with Crippen LogP contribution in [-0.2, 0) is 6.54 Å². The molecule has 0 amide bonds. The van der Waals surface area contributed by atoms with Crippen molar-refractivity contribution in [1.29, 1.82) is 0 Å². The van der Waals surface area contributed by atoms with Gasteiger partial charge in [-0.25, -0.2) is 14.4 Å². The number of aromatic amines is 1. The first-order valence-electron chi connectivity index (χ1n) is 8.43. The van der Waals surface area contributed by atoms with E-state index in [-0.39, 0.29) is 11.6 Å². The third-order valence-electron chi connectivity index (χ3n) is 4.76. The predicted molar refractivity (Wildman–Crippen MR) is 99.3 cm³/mol. The van der Waals surface area contributed by atoms with E-state index >= 15 is 0 Å². The van der Waals surface area contributed by atoms with E-state index < -0.39 is 0 Å². The molecule has 4 rings (SSSR count). The number of anilines is 1. The van der Waals surface area contributed by atoms with Gasteiger partial charge in [0.15, 0.2) is 11.6 Å². The largest absolute Gasteiger partial charge is 0.494 e. The molecule has 26 heavy (non-hydrogen) atoms. The summed E-state index contributed by atoms with van der Waals surface area (Å²) in [4.78, 5) is 16.2. The van der Waals surface area contributed by atoms with E-state index in [4.69, 9.17) is 16.3 Å². The summed E-state index contributed by atoms with van der Waals surface area (Å²) < 4.78 is 19.6. The van der Waals surface area contributed by atoms with Crippen molar-refractivity contribution >= 4 is 28.5 Å². The number of rotatable bonds is 4. The van der Waals surface area contributed by atoms with E-state index in [0.717, 1.165) is 43.0 Å². The highest BCUT2D eigenvalue weighted by Crippen LogP contribution is 2.29. The summed E-state index contributed by atoms with van der Waals surface area (Å²) in [6.07, 6.45) is 3.44. The summed E-state index contributed by atoms with van der Waals surface area (Å²) in [5.41, 5.74) is 1.32. The zero-order chi connectivity index (χ0) is 18.1. The van der Waals surface area contributed by atoms with Crippen LogP contribution in [0, 0.1) is 5.82 Å².